The summed E-state index contributed by atoms with van der Waals surface area (Å²) < 4.78 is 16.7. The lowest BCUT2D eigenvalue weighted by molar-refractivity contribution is -0.140. The number of hydrogen-bond acceptors (Lipinski definition) is 6. The quantitative estimate of drug-likeness (QED) is 0.331. The monoisotopic (exact) mass is 467 g/mol. The summed E-state index contributed by atoms with van der Waals surface area (Å²) in [7, 11) is 1.51. The van der Waals surface area contributed by atoms with E-state index in [1.54, 1.807) is 18.2 Å². The number of nitrogens with zero attached hydrogens (tertiary/aromatic N) is 1. The Bertz CT molecular complexity index is 1090. The molecule has 1 aliphatic heterocycles. The van der Waals surface area contributed by atoms with E-state index >= 15 is 0 Å². The number of carbonyl (C=O) groups excluding carboxylic acids is 2. The van der Waals surface area contributed by atoms with Crippen molar-refractivity contribution in [1.82, 2.24) is 4.90 Å². The van der Waals surface area contributed by atoms with Crippen LogP contribution in [0.25, 0.3) is 5.76 Å². The zero-order chi connectivity index (χ0) is 25.0. The highest BCUT2D eigenvalue weighted by Gasteiger charge is 2.46. The van der Waals surface area contributed by atoms with Crippen LogP contribution in [0.2, 0.25) is 0 Å². The molecule has 0 spiro atoms. The van der Waals surface area contributed by atoms with E-state index in [4.69, 9.17) is 14.2 Å². The zero-order valence-electron chi connectivity index (χ0n) is 20.7. The molecular weight excluding hydrogens is 434 g/mol. The van der Waals surface area contributed by atoms with Crippen molar-refractivity contribution in [3.8, 4) is 11.5 Å². The van der Waals surface area contributed by atoms with Gasteiger partial charge in [-0.05, 0) is 69.5 Å². The molecule has 0 saturated carbocycles. The van der Waals surface area contributed by atoms with Gasteiger partial charge in [-0.25, -0.2) is 0 Å². The van der Waals surface area contributed by atoms with Crippen LogP contribution in [0.5, 0.6) is 11.5 Å². The fourth-order valence-electron chi connectivity index (χ4n) is 4.30. The molecule has 1 saturated heterocycles. The number of hydrogen-bond donors (Lipinski definition) is 1. The minimum absolute atomic E-state index is 0.0136. The zero-order valence-corrected chi connectivity index (χ0v) is 20.7. The van der Waals surface area contributed by atoms with Crippen molar-refractivity contribution in [1.29, 1.82) is 0 Å². The largest absolute Gasteiger partial charge is 0.507 e. The van der Waals surface area contributed by atoms with Crippen LogP contribution < -0.4 is 9.47 Å². The second-order valence-electron chi connectivity index (χ2n) is 8.58. The van der Waals surface area contributed by atoms with E-state index < -0.39 is 17.7 Å². The number of Topliss-reactive ketones (excluding diaryl/α,β-unsaturated/α-hetero) is 1. The molecule has 1 amide bonds. The number of amides is 1. The van der Waals surface area contributed by atoms with Gasteiger partial charge < -0.3 is 24.2 Å². The molecule has 1 heterocycles. The van der Waals surface area contributed by atoms with Crippen molar-refractivity contribution in [2.24, 2.45) is 0 Å². The molecule has 1 atom stereocenters. The molecule has 0 aromatic heterocycles. The van der Waals surface area contributed by atoms with E-state index in [0.717, 1.165) is 11.1 Å². The Morgan fingerprint density at radius 3 is 2.38 bits per heavy atom. The van der Waals surface area contributed by atoms with Gasteiger partial charge in [0.05, 0.1) is 43.6 Å². The average Bonchev–Trinajstić information content (AvgIpc) is 3.03. The number of likely N-dealkylation sites (tertiary alicyclic amines) is 1. The third kappa shape index (κ3) is 5.09. The highest BCUT2D eigenvalue weighted by Crippen LogP contribution is 2.42. The minimum Gasteiger partial charge on any atom is -0.507 e. The van der Waals surface area contributed by atoms with Gasteiger partial charge in [-0.2, -0.15) is 0 Å². The van der Waals surface area contributed by atoms with E-state index in [9.17, 15) is 14.7 Å². The number of aliphatic hydroxyl groups excluding tert-OH is 1. The summed E-state index contributed by atoms with van der Waals surface area (Å²) in [6, 6.07) is 10.1. The predicted molar refractivity (Wildman–Crippen MR) is 130 cm³/mol. The van der Waals surface area contributed by atoms with Crippen LogP contribution in [0.3, 0.4) is 0 Å². The van der Waals surface area contributed by atoms with Crippen molar-refractivity contribution < 1.29 is 28.9 Å². The Morgan fingerprint density at radius 2 is 1.79 bits per heavy atom. The van der Waals surface area contributed by atoms with Crippen LogP contribution in [0.15, 0.2) is 42.0 Å². The van der Waals surface area contributed by atoms with Gasteiger partial charge in [-0.3, -0.25) is 9.59 Å². The minimum atomic E-state index is -0.767. The third-order valence-electron chi connectivity index (χ3n) is 5.71. The Hall–Kier alpha value is -3.32. The summed E-state index contributed by atoms with van der Waals surface area (Å²) >= 11 is 0. The molecule has 0 radical (unpaired) electrons. The van der Waals surface area contributed by atoms with E-state index in [-0.39, 0.29) is 30.6 Å². The fourth-order valence-corrected chi connectivity index (χ4v) is 4.30. The maximum absolute atomic E-state index is 13.2. The summed E-state index contributed by atoms with van der Waals surface area (Å²) in [5.41, 5.74) is 2.82. The third-order valence-corrected chi connectivity index (χ3v) is 5.71. The first-order valence-electron chi connectivity index (χ1n) is 11.5. The van der Waals surface area contributed by atoms with Gasteiger partial charge in [0.25, 0.3) is 11.7 Å². The molecule has 2 aromatic carbocycles. The molecule has 1 N–H and O–H groups in total. The Balaban J connectivity index is 2.16. The standard InChI is InChI=1S/C27H33NO6/c1-7-33-20-10-8-19(9-11-20)23-22(25(30)27(31)28(23)12-13-34-16(2)3)24(29)21-15-17(4)14-18(5)26(21)32-6/h8-11,14-16,23,29H,7,12-13H2,1-6H3/b24-22+. The van der Waals surface area contributed by atoms with Gasteiger partial charge in [0.2, 0.25) is 0 Å². The van der Waals surface area contributed by atoms with Gasteiger partial charge in [0.1, 0.15) is 17.3 Å². The van der Waals surface area contributed by atoms with Crippen LogP contribution in [0.4, 0.5) is 0 Å². The highest BCUT2D eigenvalue weighted by atomic mass is 16.5. The molecule has 1 aliphatic rings. The van der Waals surface area contributed by atoms with Crippen molar-refractivity contribution >= 4 is 17.4 Å². The Kier molecular flexibility index (Phi) is 7.99. The van der Waals surface area contributed by atoms with E-state index in [1.807, 2.05) is 52.8 Å². The predicted octanol–water partition coefficient (Wildman–Crippen LogP) is 4.56. The molecule has 7 heteroatoms. The summed E-state index contributed by atoms with van der Waals surface area (Å²) in [6.45, 7) is 10.5. The second kappa shape index (κ2) is 10.7. The number of rotatable bonds is 9. The first-order chi connectivity index (χ1) is 16.2. The van der Waals surface area contributed by atoms with Crippen molar-refractivity contribution in [2.45, 2.75) is 46.8 Å². The molecule has 2 aromatic rings. The first kappa shape index (κ1) is 25.3. The molecule has 3 rings (SSSR count). The maximum Gasteiger partial charge on any atom is 0.295 e. The van der Waals surface area contributed by atoms with Crippen molar-refractivity contribution in [3.63, 3.8) is 0 Å². The Morgan fingerprint density at radius 1 is 1.12 bits per heavy atom. The summed E-state index contributed by atoms with van der Waals surface area (Å²) in [5, 5.41) is 11.4. The summed E-state index contributed by atoms with van der Waals surface area (Å²) in [5.74, 6) is -0.517. The number of aliphatic hydroxyl groups is 1. The number of methoxy groups -OCH3 is 1. The van der Waals surface area contributed by atoms with Crippen LogP contribution >= 0.6 is 0 Å². The number of ether oxygens (including phenoxy) is 3. The maximum atomic E-state index is 13.2. The van der Waals surface area contributed by atoms with Crippen LogP contribution in [-0.4, -0.2) is 54.7 Å². The number of ketones is 1. The molecule has 0 bridgehead atoms. The normalized spacial score (nSPS) is 17.5. The van der Waals surface area contributed by atoms with Crippen molar-refractivity contribution in [2.75, 3.05) is 26.9 Å². The second-order valence-corrected chi connectivity index (χ2v) is 8.58. The molecular formula is C27H33NO6. The average molecular weight is 468 g/mol. The highest BCUT2D eigenvalue weighted by molar-refractivity contribution is 6.46. The lowest BCUT2D eigenvalue weighted by atomic mass is 9.93. The van der Waals surface area contributed by atoms with Gasteiger partial charge in [0, 0.05) is 6.54 Å². The lowest BCUT2D eigenvalue weighted by Crippen LogP contribution is -2.33. The smallest absolute Gasteiger partial charge is 0.295 e. The van der Waals surface area contributed by atoms with Gasteiger partial charge in [-0.1, -0.05) is 18.2 Å². The Labute approximate surface area is 200 Å². The number of carbonyl (C=O) groups is 2. The van der Waals surface area contributed by atoms with Crippen LogP contribution in [0.1, 0.15) is 49.1 Å². The lowest BCUT2D eigenvalue weighted by Gasteiger charge is -2.26. The van der Waals surface area contributed by atoms with E-state index in [1.165, 1.54) is 12.0 Å². The molecule has 1 unspecified atom stereocenters. The summed E-state index contributed by atoms with van der Waals surface area (Å²) in [6.07, 6.45) is -0.0136. The van der Waals surface area contributed by atoms with Gasteiger partial charge in [-0.15, -0.1) is 0 Å². The molecule has 7 nitrogen and oxygen atoms in total. The van der Waals surface area contributed by atoms with E-state index in [2.05, 4.69) is 0 Å². The molecule has 182 valence electrons. The number of benzene rings is 2. The molecule has 0 aliphatic carbocycles. The van der Waals surface area contributed by atoms with Gasteiger partial charge >= 0.3 is 0 Å². The SMILES string of the molecule is CCOc1ccc(C2/C(=C(\O)c3cc(C)cc(C)c3OC)C(=O)C(=O)N2CCOC(C)C)cc1. The van der Waals surface area contributed by atoms with Crippen LogP contribution in [-0.2, 0) is 14.3 Å². The van der Waals surface area contributed by atoms with Gasteiger partial charge in [0.15, 0.2) is 0 Å². The first-order valence-corrected chi connectivity index (χ1v) is 11.5. The number of aryl methyl sites for hydroxylation is 2. The topological polar surface area (TPSA) is 85.3 Å². The molecule has 34 heavy (non-hydrogen) atoms. The molecule has 1 fully saturated rings. The summed E-state index contributed by atoms with van der Waals surface area (Å²) in [4.78, 5) is 27.8. The fraction of sp³-hybridized carbons (Fsp3) is 0.407. The van der Waals surface area contributed by atoms with E-state index in [0.29, 0.717) is 29.2 Å². The van der Waals surface area contributed by atoms with Crippen LogP contribution in [0, 0.1) is 13.8 Å². The van der Waals surface area contributed by atoms with Crippen molar-refractivity contribution in [3.05, 3.63) is 64.2 Å².